The van der Waals surface area contributed by atoms with Gasteiger partial charge in [0.05, 0.1) is 0 Å². The Hall–Kier alpha value is -0.120. The van der Waals surface area contributed by atoms with Crippen LogP contribution in [0, 0.1) is 5.92 Å². The van der Waals surface area contributed by atoms with Crippen molar-refractivity contribution >= 4 is 0 Å². The minimum Gasteiger partial charge on any atom is -0.330 e. The molecule has 1 saturated carbocycles. The molecule has 0 bridgehead atoms. The molecule has 2 aliphatic heterocycles. The van der Waals surface area contributed by atoms with Gasteiger partial charge in [-0.1, -0.05) is 6.42 Å². The molecule has 3 nitrogen and oxygen atoms in total. The summed E-state index contributed by atoms with van der Waals surface area (Å²) in [6, 6.07) is 2.48. The Bertz CT molecular complexity index is 281. The third-order valence-corrected chi connectivity index (χ3v) is 5.81. The van der Waals surface area contributed by atoms with Gasteiger partial charge in [-0.3, -0.25) is 0 Å². The third kappa shape index (κ3) is 2.33. The molecule has 0 aromatic heterocycles. The van der Waals surface area contributed by atoms with Crippen molar-refractivity contribution in [2.45, 2.75) is 63.1 Å². The van der Waals surface area contributed by atoms with Crippen LogP contribution in [-0.2, 0) is 0 Å². The van der Waals surface area contributed by atoms with E-state index < -0.39 is 0 Å². The van der Waals surface area contributed by atoms with Crippen LogP contribution in [-0.4, -0.2) is 54.6 Å². The van der Waals surface area contributed by atoms with Gasteiger partial charge in [0.15, 0.2) is 0 Å². The van der Waals surface area contributed by atoms with Gasteiger partial charge in [-0.05, 0) is 71.1 Å². The van der Waals surface area contributed by atoms with Crippen LogP contribution in [0.4, 0.5) is 0 Å². The monoisotopic (exact) mass is 251 g/mol. The Balaban J connectivity index is 1.60. The third-order valence-electron chi connectivity index (χ3n) is 5.81. The number of hydrogen-bond acceptors (Lipinski definition) is 3. The van der Waals surface area contributed by atoms with Crippen LogP contribution in [0.2, 0.25) is 0 Å². The van der Waals surface area contributed by atoms with Crippen LogP contribution in [0.1, 0.15) is 44.9 Å². The molecule has 0 spiro atoms. The van der Waals surface area contributed by atoms with Crippen LogP contribution >= 0.6 is 0 Å². The van der Waals surface area contributed by atoms with E-state index >= 15 is 0 Å². The number of hydrogen-bond donors (Lipinski definition) is 1. The Morgan fingerprint density at radius 3 is 2.83 bits per heavy atom. The van der Waals surface area contributed by atoms with E-state index in [4.69, 9.17) is 5.73 Å². The van der Waals surface area contributed by atoms with Crippen molar-refractivity contribution in [3.8, 4) is 0 Å². The molecule has 18 heavy (non-hydrogen) atoms. The van der Waals surface area contributed by atoms with Crippen molar-refractivity contribution in [1.29, 1.82) is 0 Å². The number of fused-ring (bicyclic) bond motifs is 1. The Morgan fingerprint density at radius 1 is 1.11 bits per heavy atom. The number of rotatable bonds is 3. The molecule has 104 valence electrons. The van der Waals surface area contributed by atoms with Crippen LogP contribution in [0.15, 0.2) is 0 Å². The second kappa shape index (κ2) is 5.48. The molecule has 4 unspecified atom stereocenters. The first-order valence-corrected chi connectivity index (χ1v) is 7.95. The minimum absolute atomic E-state index is 0.761. The second-order valence-electron chi connectivity index (χ2n) is 6.67. The van der Waals surface area contributed by atoms with Gasteiger partial charge in [-0.15, -0.1) is 0 Å². The maximum Gasteiger partial charge on any atom is 0.0135 e. The number of piperidine rings is 1. The summed E-state index contributed by atoms with van der Waals surface area (Å²) in [6.07, 6.45) is 9.77. The second-order valence-corrected chi connectivity index (χ2v) is 6.67. The van der Waals surface area contributed by atoms with E-state index in [9.17, 15) is 0 Å². The van der Waals surface area contributed by atoms with Crippen LogP contribution in [0.5, 0.6) is 0 Å². The van der Waals surface area contributed by atoms with E-state index in [1.54, 1.807) is 0 Å². The van der Waals surface area contributed by atoms with Crippen molar-refractivity contribution in [2.24, 2.45) is 11.7 Å². The molecule has 3 rings (SSSR count). The zero-order chi connectivity index (χ0) is 12.5. The average Bonchev–Trinajstić information content (AvgIpc) is 3.05. The SMILES string of the molecule is CN(C1CCN2CCCC2C1)C1CCCC1CN. The summed E-state index contributed by atoms with van der Waals surface area (Å²) in [6.45, 7) is 3.58. The highest BCUT2D eigenvalue weighted by molar-refractivity contribution is 4.93. The van der Waals surface area contributed by atoms with E-state index in [-0.39, 0.29) is 0 Å². The zero-order valence-corrected chi connectivity index (χ0v) is 11.9. The summed E-state index contributed by atoms with van der Waals surface area (Å²) in [5.41, 5.74) is 5.94. The molecule has 3 heteroatoms. The first-order chi connectivity index (χ1) is 8.79. The van der Waals surface area contributed by atoms with E-state index in [0.29, 0.717) is 0 Å². The molecule has 2 N–H and O–H groups in total. The molecular weight excluding hydrogens is 222 g/mol. The highest BCUT2D eigenvalue weighted by Gasteiger charge is 2.37. The fourth-order valence-corrected chi connectivity index (χ4v) is 4.67. The van der Waals surface area contributed by atoms with Gasteiger partial charge in [0.25, 0.3) is 0 Å². The van der Waals surface area contributed by atoms with Gasteiger partial charge in [0, 0.05) is 18.1 Å². The van der Waals surface area contributed by atoms with Crippen molar-refractivity contribution in [3.05, 3.63) is 0 Å². The normalized spacial score (nSPS) is 41.5. The first-order valence-electron chi connectivity index (χ1n) is 7.95. The Labute approximate surface area is 112 Å². The summed E-state index contributed by atoms with van der Waals surface area (Å²) >= 11 is 0. The lowest BCUT2D eigenvalue weighted by Gasteiger charge is -2.42. The quantitative estimate of drug-likeness (QED) is 0.828. The zero-order valence-electron chi connectivity index (χ0n) is 11.9. The lowest BCUT2D eigenvalue weighted by molar-refractivity contribution is 0.0656. The van der Waals surface area contributed by atoms with Crippen LogP contribution in [0.3, 0.4) is 0 Å². The molecule has 2 heterocycles. The molecule has 0 radical (unpaired) electrons. The Morgan fingerprint density at radius 2 is 2.00 bits per heavy atom. The van der Waals surface area contributed by atoms with Gasteiger partial charge >= 0.3 is 0 Å². The lowest BCUT2D eigenvalue weighted by Crippen LogP contribution is -2.50. The van der Waals surface area contributed by atoms with Gasteiger partial charge in [0.2, 0.25) is 0 Å². The summed E-state index contributed by atoms with van der Waals surface area (Å²) in [7, 11) is 2.37. The highest BCUT2D eigenvalue weighted by Crippen LogP contribution is 2.34. The molecule has 3 fully saturated rings. The molecule has 4 atom stereocenters. The fourth-order valence-electron chi connectivity index (χ4n) is 4.67. The van der Waals surface area contributed by atoms with Gasteiger partial charge in [-0.25, -0.2) is 0 Å². The minimum atomic E-state index is 0.761. The summed E-state index contributed by atoms with van der Waals surface area (Å²) < 4.78 is 0. The van der Waals surface area contributed by atoms with Gasteiger partial charge in [-0.2, -0.15) is 0 Å². The lowest BCUT2D eigenvalue weighted by atomic mass is 9.93. The van der Waals surface area contributed by atoms with Crippen molar-refractivity contribution in [1.82, 2.24) is 9.80 Å². The summed E-state index contributed by atoms with van der Waals surface area (Å²) in [5, 5.41) is 0. The molecule has 0 amide bonds. The smallest absolute Gasteiger partial charge is 0.0135 e. The van der Waals surface area contributed by atoms with E-state index in [1.165, 1.54) is 58.0 Å². The predicted molar refractivity (Wildman–Crippen MR) is 75.6 cm³/mol. The van der Waals surface area contributed by atoms with Gasteiger partial charge in [0.1, 0.15) is 0 Å². The first kappa shape index (κ1) is 12.9. The summed E-state index contributed by atoms with van der Waals surface area (Å²) in [4.78, 5) is 5.43. The summed E-state index contributed by atoms with van der Waals surface area (Å²) in [5.74, 6) is 0.761. The molecule has 2 saturated heterocycles. The van der Waals surface area contributed by atoms with Crippen LogP contribution < -0.4 is 5.73 Å². The Kier molecular flexibility index (Phi) is 3.92. The maximum atomic E-state index is 5.94. The van der Waals surface area contributed by atoms with Gasteiger partial charge < -0.3 is 15.5 Å². The maximum absolute atomic E-state index is 5.94. The van der Waals surface area contributed by atoms with E-state index in [1.807, 2.05) is 0 Å². The van der Waals surface area contributed by atoms with Crippen molar-refractivity contribution < 1.29 is 0 Å². The molecule has 3 aliphatic rings. The van der Waals surface area contributed by atoms with Crippen LogP contribution in [0.25, 0.3) is 0 Å². The largest absolute Gasteiger partial charge is 0.330 e. The number of nitrogens with zero attached hydrogens (tertiary/aromatic N) is 2. The molecule has 1 aliphatic carbocycles. The topological polar surface area (TPSA) is 32.5 Å². The molecule has 0 aromatic rings. The average molecular weight is 251 g/mol. The van der Waals surface area contributed by atoms with E-state index in [0.717, 1.165) is 30.6 Å². The molecular formula is C15H29N3. The standard InChI is InChI=1S/C15H29N3/c1-17(15-6-2-4-12(15)11-16)13-7-9-18-8-3-5-14(18)10-13/h12-15H,2-11,16H2,1H3. The number of nitrogens with two attached hydrogens (primary N) is 1. The predicted octanol–water partition coefficient (Wildman–Crippen LogP) is 1.67. The molecule has 0 aromatic carbocycles. The van der Waals surface area contributed by atoms with Crippen molar-refractivity contribution in [2.75, 3.05) is 26.7 Å². The fraction of sp³-hybridized carbons (Fsp3) is 1.00. The highest BCUT2D eigenvalue weighted by atomic mass is 15.2. The van der Waals surface area contributed by atoms with Crippen molar-refractivity contribution in [3.63, 3.8) is 0 Å². The van der Waals surface area contributed by atoms with E-state index in [2.05, 4.69) is 16.8 Å².